The molecular weight excluding hydrogens is 274 g/mol. The van der Waals surface area contributed by atoms with E-state index in [1.807, 2.05) is 0 Å². The molecule has 2 unspecified atom stereocenters. The second-order valence-electron chi connectivity index (χ2n) is 6.61. The van der Waals surface area contributed by atoms with Crippen molar-refractivity contribution in [2.45, 2.75) is 104 Å². The second-order valence-corrected chi connectivity index (χ2v) is 6.61. The van der Waals surface area contributed by atoms with Crippen LogP contribution in [0.2, 0.25) is 0 Å². The molecule has 0 spiro atoms. The summed E-state index contributed by atoms with van der Waals surface area (Å²) in [5.74, 6) is 5.73. The number of hydrogen-bond acceptors (Lipinski definition) is 2. The Morgan fingerprint density at radius 2 is 1.36 bits per heavy atom. The Bertz CT molecular complexity index is 259. The minimum Gasteiger partial charge on any atom is -0.334 e. The monoisotopic (exact) mass is 313 g/mol. The molecule has 0 aromatic carbocycles. The van der Waals surface area contributed by atoms with E-state index in [-0.39, 0.29) is 12.1 Å². The average Bonchev–Trinajstić information content (AvgIpc) is 2.53. The summed E-state index contributed by atoms with van der Waals surface area (Å²) >= 11 is 0. The fourth-order valence-corrected chi connectivity index (χ4v) is 2.95. The first-order chi connectivity index (χ1) is 10.7. The maximum Gasteiger partial charge on any atom is 0.329 e. The van der Waals surface area contributed by atoms with E-state index in [1.165, 1.54) is 70.6 Å². The minimum atomic E-state index is -0.253. The van der Waals surface area contributed by atoms with Crippen LogP contribution in [0.15, 0.2) is 0 Å². The van der Waals surface area contributed by atoms with Gasteiger partial charge in [0.1, 0.15) is 0 Å². The van der Waals surface area contributed by atoms with Gasteiger partial charge >= 0.3 is 6.03 Å². The number of carbonyl (C=O) groups excluding carboxylic acids is 1. The normalized spacial score (nSPS) is 13.6. The van der Waals surface area contributed by atoms with Crippen LogP contribution < -0.4 is 16.6 Å². The van der Waals surface area contributed by atoms with Crippen LogP contribution in [0.4, 0.5) is 4.79 Å². The Kier molecular flexibility index (Phi) is 14.6. The Labute approximate surface area is 138 Å². The van der Waals surface area contributed by atoms with Crippen molar-refractivity contribution < 1.29 is 4.79 Å². The molecule has 0 aliphatic carbocycles. The highest BCUT2D eigenvalue weighted by Crippen LogP contribution is 2.19. The Hall–Kier alpha value is -0.770. The third-order valence-electron chi connectivity index (χ3n) is 4.52. The van der Waals surface area contributed by atoms with Crippen LogP contribution in [0.1, 0.15) is 97.8 Å². The molecule has 0 saturated carbocycles. The van der Waals surface area contributed by atoms with E-state index in [1.54, 1.807) is 0 Å². The maximum absolute atomic E-state index is 11.5. The van der Waals surface area contributed by atoms with Crippen LogP contribution >= 0.6 is 0 Å². The van der Waals surface area contributed by atoms with Gasteiger partial charge in [-0.3, -0.25) is 5.43 Å². The molecule has 0 saturated heterocycles. The van der Waals surface area contributed by atoms with E-state index in [2.05, 4.69) is 31.5 Å². The highest BCUT2D eigenvalue weighted by Gasteiger charge is 2.18. The van der Waals surface area contributed by atoms with Crippen LogP contribution in [-0.4, -0.2) is 12.1 Å². The van der Waals surface area contributed by atoms with E-state index in [9.17, 15) is 4.79 Å². The summed E-state index contributed by atoms with van der Waals surface area (Å²) in [4.78, 5) is 11.5. The van der Waals surface area contributed by atoms with Gasteiger partial charge in [-0.2, -0.15) is 0 Å². The quantitative estimate of drug-likeness (QED) is 0.185. The molecule has 4 nitrogen and oxygen atoms in total. The third-order valence-corrected chi connectivity index (χ3v) is 4.52. The average molecular weight is 314 g/mol. The van der Waals surface area contributed by atoms with E-state index in [0.717, 1.165) is 6.42 Å². The number of urea groups is 1. The molecular formula is C18H39N3O. The zero-order valence-electron chi connectivity index (χ0n) is 15.1. The van der Waals surface area contributed by atoms with Crippen molar-refractivity contribution in [3.05, 3.63) is 0 Å². The molecule has 2 amide bonds. The number of rotatable bonds is 14. The molecule has 22 heavy (non-hydrogen) atoms. The van der Waals surface area contributed by atoms with Crippen LogP contribution in [-0.2, 0) is 0 Å². The maximum atomic E-state index is 11.5. The highest BCUT2D eigenvalue weighted by molar-refractivity contribution is 5.73. The lowest BCUT2D eigenvalue weighted by atomic mass is 9.91. The molecule has 0 aliphatic heterocycles. The van der Waals surface area contributed by atoms with Crippen molar-refractivity contribution >= 4 is 6.03 Å². The molecule has 132 valence electrons. The Balaban J connectivity index is 4.04. The number of hydrogen-bond donors (Lipinski definition) is 3. The van der Waals surface area contributed by atoms with Crippen molar-refractivity contribution in [3.63, 3.8) is 0 Å². The number of unbranched alkanes of at least 4 members (excludes halogenated alkanes) is 8. The number of hydrazine groups is 1. The molecule has 0 aromatic rings. The molecule has 4 N–H and O–H groups in total. The minimum absolute atomic E-state index is 0.247. The van der Waals surface area contributed by atoms with Crippen molar-refractivity contribution in [1.82, 2.24) is 10.7 Å². The second kappa shape index (κ2) is 15.1. The van der Waals surface area contributed by atoms with Crippen LogP contribution in [0.5, 0.6) is 0 Å². The molecule has 0 rings (SSSR count). The number of nitrogens with one attached hydrogen (secondary N) is 2. The molecule has 4 heteroatoms. The lowest BCUT2D eigenvalue weighted by molar-refractivity contribution is 0.228. The van der Waals surface area contributed by atoms with Gasteiger partial charge < -0.3 is 5.32 Å². The van der Waals surface area contributed by atoms with E-state index < -0.39 is 0 Å². The molecule has 2 atom stereocenters. The zero-order chi connectivity index (χ0) is 16.6. The Morgan fingerprint density at radius 1 is 0.864 bits per heavy atom. The van der Waals surface area contributed by atoms with Gasteiger partial charge in [0.25, 0.3) is 0 Å². The summed E-state index contributed by atoms with van der Waals surface area (Å²) in [5.41, 5.74) is 2.19. The molecule has 0 bridgehead atoms. The fourth-order valence-electron chi connectivity index (χ4n) is 2.95. The van der Waals surface area contributed by atoms with Crippen molar-refractivity contribution in [3.8, 4) is 0 Å². The first kappa shape index (κ1) is 21.2. The first-order valence-corrected chi connectivity index (χ1v) is 9.42. The van der Waals surface area contributed by atoms with Gasteiger partial charge in [-0.05, 0) is 18.8 Å². The predicted molar refractivity (Wildman–Crippen MR) is 95.6 cm³/mol. The molecule has 0 fully saturated rings. The molecule has 0 aromatic heterocycles. The standard InChI is InChI=1S/C18H39N3O/c1-4-6-8-10-11-13-15-17(20-18(22)21-19)16(3)14-12-9-7-5-2/h16-17H,4-15,19H2,1-3H3,(H2,20,21,22). The summed E-state index contributed by atoms with van der Waals surface area (Å²) in [6, 6.07) is -0.00672. The van der Waals surface area contributed by atoms with E-state index >= 15 is 0 Å². The smallest absolute Gasteiger partial charge is 0.329 e. The zero-order valence-corrected chi connectivity index (χ0v) is 15.1. The van der Waals surface area contributed by atoms with Gasteiger partial charge in [0.15, 0.2) is 0 Å². The van der Waals surface area contributed by atoms with Crippen LogP contribution in [0, 0.1) is 5.92 Å². The number of carbonyl (C=O) groups is 1. The van der Waals surface area contributed by atoms with Gasteiger partial charge in [-0.25, -0.2) is 10.6 Å². The van der Waals surface area contributed by atoms with Crippen LogP contribution in [0.25, 0.3) is 0 Å². The molecule has 0 aliphatic rings. The van der Waals surface area contributed by atoms with Gasteiger partial charge in [0, 0.05) is 6.04 Å². The van der Waals surface area contributed by atoms with E-state index in [4.69, 9.17) is 5.84 Å². The lowest BCUT2D eigenvalue weighted by Gasteiger charge is -2.25. The van der Waals surface area contributed by atoms with Crippen molar-refractivity contribution in [2.75, 3.05) is 0 Å². The first-order valence-electron chi connectivity index (χ1n) is 9.42. The third kappa shape index (κ3) is 11.8. The van der Waals surface area contributed by atoms with Gasteiger partial charge in [-0.15, -0.1) is 0 Å². The van der Waals surface area contributed by atoms with Crippen molar-refractivity contribution in [1.29, 1.82) is 0 Å². The van der Waals surface area contributed by atoms with Crippen molar-refractivity contribution in [2.24, 2.45) is 11.8 Å². The summed E-state index contributed by atoms with van der Waals surface area (Å²) < 4.78 is 0. The summed E-state index contributed by atoms with van der Waals surface area (Å²) in [5, 5.41) is 3.03. The number of nitrogens with two attached hydrogens (primary N) is 1. The van der Waals surface area contributed by atoms with Gasteiger partial charge in [0.2, 0.25) is 0 Å². The van der Waals surface area contributed by atoms with E-state index in [0.29, 0.717) is 5.92 Å². The summed E-state index contributed by atoms with van der Waals surface area (Å²) in [7, 11) is 0. The summed E-state index contributed by atoms with van der Waals surface area (Å²) in [6.45, 7) is 6.73. The van der Waals surface area contributed by atoms with Gasteiger partial charge in [-0.1, -0.05) is 85.0 Å². The number of amides is 2. The SMILES string of the molecule is CCCCCCCCC(NC(=O)NN)C(C)CCCCCC. The van der Waals surface area contributed by atoms with Gasteiger partial charge in [0.05, 0.1) is 0 Å². The largest absolute Gasteiger partial charge is 0.334 e. The summed E-state index contributed by atoms with van der Waals surface area (Å²) in [6.07, 6.45) is 15.1. The topological polar surface area (TPSA) is 67.2 Å². The lowest BCUT2D eigenvalue weighted by Crippen LogP contribution is -2.47. The fraction of sp³-hybridized carbons (Fsp3) is 0.944. The van der Waals surface area contributed by atoms with Crippen LogP contribution in [0.3, 0.4) is 0 Å². The molecule has 0 radical (unpaired) electrons. The molecule has 0 heterocycles. The Morgan fingerprint density at radius 3 is 1.95 bits per heavy atom. The predicted octanol–water partition coefficient (Wildman–Crippen LogP) is 4.89. The highest BCUT2D eigenvalue weighted by atomic mass is 16.2.